The number of rotatable bonds is 8. The van der Waals surface area contributed by atoms with E-state index < -0.39 is 5.97 Å². The Kier molecular flexibility index (Phi) is 16.8. The van der Waals surface area contributed by atoms with Crippen LogP contribution in [0.5, 0.6) is 0 Å². The molecule has 0 saturated heterocycles. The van der Waals surface area contributed by atoms with Crippen LogP contribution in [0, 0.1) is 17.3 Å². The fourth-order valence-electron chi connectivity index (χ4n) is 2.49. The van der Waals surface area contributed by atoms with Gasteiger partial charge in [-0.25, -0.2) is 0 Å². The van der Waals surface area contributed by atoms with Gasteiger partial charge >= 0.3 is 5.97 Å². The number of benzene rings is 1. The van der Waals surface area contributed by atoms with Crippen LogP contribution in [0.4, 0.5) is 0 Å². The molecule has 5 heteroatoms. The molecule has 1 aromatic rings. The average molecular weight is 403 g/mol. The van der Waals surface area contributed by atoms with Crippen LogP contribution in [0.25, 0.3) is 0 Å². The number of carbonyl (C=O) groups is 1. The Bertz CT molecular complexity index is 459. The zero-order chi connectivity index (χ0) is 19.9. The lowest BCUT2D eigenvalue weighted by molar-refractivity contribution is -0.144. The highest BCUT2D eigenvalue weighted by Crippen LogP contribution is 2.32. The van der Waals surface area contributed by atoms with Crippen molar-refractivity contribution in [1.82, 2.24) is 0 Å². The molecule has 0 aromatic heterocycles. The van der Waals surface area contributed by atoms with E-state index in [-0.39, 0.29) is 17.3 Å². The lowest BCUT2D eigenvalue weighted by Crippen LogP contribution is -2.28. The molecule has 1 unspecified atom stereocenters. The second-order valence-corrected chi connectivity index (χ2v) is 8.45. The van der Waals surface area contributed by atoms with Gasteiger partial charge in [0.25, 0.3) is 0 Å². The average Bonchev–Trinajstić information content (AvgIpc) is 2.56. The smallest absolute Gasteiger partial charge is 0.306 e. The second-order valence-electron chi connectivity index (χ2n) is 6.77. The van der Waals surface area contributed by atoms with E-state index in [1.165, 1.54) is 5.56 Å². The van der Waals surface area contributed by atoms with E-state index in [2.05, 4.69) is 57.8 Å². The van der Waals surface area contributed by atoms with E-state index in [4.69, 9.17) is 0 Å². The van der Waals surface area contributed by atoms with Gasteiger partial charge in [0, 0.05) is 4.70 Å². The molecule has 0 aliphatic rings. The van der Waals surface area contributed by atoms with Gasteiger partial charge in [-0.15, -0.1) is 11.8 Å². The van der Waals surface area contributed by atoms with Crippen LogP contribution < -0.4 is 0 Å². The number of thiol groups is 1. The van der Waals surface area contributed by atoms with Crippen LogP contribution >= 0.6 is 36.6 Å². The molecule has 0 fully saturated rings. The molecule has 1 rings (SSSR count). The predicted molar refractivity (Wildman–Crippen MR) is 121 cm³/mol. The fraction of sp³-hybridized carbons (Fsp3) is 0.600. The highest BCUT2D eigenvalue weighted by atomic mass is 32.2. The maximum Gasteiger partial charge on any atom is 0.306 e. The Labute approximate surface area is 169 Å². The van der Waals surface area contributed by atoms with Gasteiger partial charge in [0.1, 0.15) is 0 Å². The quantitative estimate of drug-likeness (QED) is 0.398. The number of hydrogen-bond acceptors (Lipinski definition) is 4. The fourth-order valence-corrected chi connectivity index (χ4v) is 3.04. The van der Waals surface area contributed by atoms with E-state index in [1.54, 1.807) is 22.7 Å². The normalized spacial score (nSPS) is 11.5. The van der Waals surface area contributed by atoms with Crippen LogP contribution in [0.3, 0.4) is 0 Å². The summed E-state index contributed by atoms with van der Waals surface area (Å²) in [6.45, 7) is 10.3. The van der Waals surface area contributed by atoms with Crippen molar-refractivity contribution in [1.29, 1.82) is 0 Å². The van der Waals surface area contributed by atoms with Gasteiger partial charge in [0.15, 0.2) is 0 Å². The summed E-state index contributed by atoms with van der Waals surface area (Å²) in [5, 5.41) is 9.27. The summed E-state index contributed by atoms with van der Waals surface area (Å²) < 4.78 is 1.68. The Morgan fingerprint density at radius 1 is 1.28 bits per heavy atom. The van der Waals surface area contributed by atoms with Crippen molar-refractivity contribution < 1.29 is 9.90 Å². The SMILES string of the molecule is CC(C)C(CC(C)(C)Cc1ccccc1)C(=O)O.CCSC=S.CS. The molecule has 0 saturated carbocycles. The summed E-state index contributed by atoms with van der Waals surface area (Å²) in [4.78, 5) is 11.3. The van der Waals surface area contributed by atoms with E-state index in [1.807, 2.05) is 32.0 Å². The van der Waals surface area contributed by atoms with Crippen LogP contribution in [0.15, 0.2) is 30.3 Å². The Morgan fingerprint density at radius 2 is 1.80 bits per heavy atom. The van der Waals surface area contributed by atoms with Gasteiger partial charge < -0.3 is 5.11 Å². The molecule has 0 amide bonds. The maximum atomic E-state index is 11.3. The summed E-state index contributed by atoms with van der Waals surface area (Å²) in [6.07, 6.45) is 3.33. The van der Waals surface area contributed by atoms with Crippen molar-refractivity contribution in [2.24, 2.45) is 17.3 Å². The first-order chi connectivity index (χ1) is 11.7. The molecule has 0 bridgehead atoms. The molecule has 0 radical (unpaired) electrons. The van der Waals surface area contributed by atoms with Crippen LogP contribution in [0.1, 0.15) is 46.6 Å². The van der Waals surface area contributed by atoms with E-state index in [9.17, 15) is 9.90 Å². The number of thioether (sulfide) groups is 1. The molecule has 1 N–H and O–H groups in total. The standard InChI is InChI=1S/C16H24O2.C3H6S2.CH4S/c1-12(2)14(15(17)18)11-16(3,4)10-13-8-6-5-7-9-13;1-2-5-3-4;1-2/h5-9,12,14H,10-11H2,1-4H3,(H,17,18);3H,2H2,1H3;2H,1H3. The minimum absolute atomic E-state index is 0.00861. The summed E-state index contributed by atoms with van der Waals surface area (Å²) in [5.74, 6) is 0.344. The molecular formula is C20H34O2S3. The van der Waals surface area contributed by atoms with Crippen molar-refractivity contribution in [3.63, 3.8) is 0 Å². The van der Waals surface area contributed by atoms with Crippen LogP contribution in [0.2, 0.25) is 0 Å². The largest absolute Gasteiger partial charge is 0.481 e. The predicted octanol–water partition coefficient (Wildman–Crippen LogP) is 6.24. The van der Waals surface area contributed by atoms with E-state index in [0.29, 0.717) is 0 Å². The van der Waals surface area contributed by atoms with Crippen molar-refractivity contribution in [2.45, 2.75) is 47.5 Å². The van der Waals surface area contributed by atoms with E-state index in [0.717, 1.165) is 18.6 Å². The number of thiocarbonyl (C=S) groups is 1. The first kappa shape index (κ1) is 26.7. The third-order valence-electron chi connectivity index (χ3n) is 3.65. The van der Waals surface area contributed by atoms with Crippen molar-refractivity contribution in [3.05, 3.63) is 35.9 Å². The van der Waals surface area contributed by atoms with Crippen molar-refractivity contribution in [3.8, 4) is 0 Å². The van der Waals surface area contributed by atoms with Gasteiger partial charge in [-0.05, 0) is 41.7 Å². The first-order valence-corrected chi connectivity index (χ1v) is 10.9. The number of hydrogen-bond donors (Lipinski definition) is 2. The zero-order valence-electron chi connectivity index (χ0n) is 16.4. The minimum Gasteiger partial charge on any atom is -0.481 e. The van der Waals surface area contributed by atoms with Crippen LogP contribution in [-0.4, -0.2) is 27.8 Å². The summed E-state index contributed by atoms with van der Waals surface area (Å²) in [6, 6.07) is 10.3. The van der Waals surface area contributed by atoms with Crippen LogP contribution in [-0.2, 0) is 11.2 Å². The van der Waals surface area contributed by atoms with Gasteiger partial charge in [-0.1, -0.05) is 77.2 Å². The summed E-state index contributed by atoms with van der Waals surface area (Å²) in [7, 11) is 0. The third kappa shape index (κ3) is 14.3. The summed E-state index contributed by atoms with van der Waals surface area (Å²) in [5.41, 5.74) is 1.28. The topological polar surface area (TPSA) is 37.3 Å². The van der Waals surface area contributed by atoms with E-state index >= 15 is 0 Å². The molecule has 1 atom stereocenters. The highest BCUT2D eigenvalue weighted by Gasteiger charge is 2.30. The number of carboxylic acids is 1. The number of aliphatic carboxylic acids is 1. The first-order valence-electron chi connectivity index (χ1n) is 8.50. The molecule has 0 aliphatic heterocycles. The third-order valence-corrected chi connectivity index (χ3v) is 4.53. The van der Waals surface area contributed by atoms with Gasteiger partial charge in [-0.3, -0.25) is 4.79 Å². The monoisotopic (exact) mass is 402 g/mol. The molecule has 0 heterocycles. The lowest BCUT2D eigenvalue weighted by atomic mass is 9.75. The lowest BCUT2D eigenvalue weighted by Gasteiger charge is -2.29. The van der Waals surface area contributed by atoms with Gasteiger partial charge in [-0.2, -0.15) is 12.6 Å². The molecule has 1 aromatic carbocycles. The highest BCUT2D eigenvalue weighted by molar-refractivity contribution is 8.20. The minimum atomic E-state index is -0.675. The molecule has 0 aliphatic carbocycles. The van der Waals surface area contributed by atoms with Gasteiger partial charge in [0.2, 0.25) is 0 Å². The molecule has 2 nitrogen and oxygen atoms in total. The Morgan fingerprint density at radius 3 is 2.12 bits per heavy atom. The molecular weight excluding hydrogens is 368 g/mol. The molecule has 0 spiro atoms. The zero-order valence-corrected chi connectivity index (χ0v) is 18.9. The number of carboxylic acid groups (broad SMARTS) is 1. The Hall–Kier alpha value is -0.520. The van der Waals surface area contributed by atoms with Crippen molar-refractivity contribution in [2.75, 3.05) is 12.0 Å². The Balaban J connectivity index is 0. The van der Waals surface area contributed by atoms with Gasteiger partial charge in [0.05, 0.1) is 5.92 Å². The molecule has 144 valence electrons. The van der Waals surface area contributed by atoms with Crippen molar-refractivity contribution >= 4 is 47.3 Å². The molecule has 25 heavy (non-hydrogen) atoms. The second kappa shape index (κ2) is 15.7. The maximum absolute atomic E-state index is 11.3. The summed E-state index contributed by atoms with van der Waals surface area (Å²) >= 11 is 9.67.